The highest BCUT2D eigenvalue weighted by molar-refractivity contribution is 6.36. The van der Waals surface area contributed by atoms with Gasteiger partial charge in [0.05, 0.1) is 61.5 Å². The second-order valence-electron chi connectivity index (χ2n) is 23.0. The predicted octanol–water partition coefficient (Wildman–Crippen LogP) is 12.7. The van der Waals surface area contributed by atoms with Crippen molar-refractivity contribution in [1.82, 2.24) is 50.7 Å². The van der Waals surface area contributed by atoms with E-state index in [9.17, 15) is 4.79 Å². The van der Waals surface area contributed by atoms with Gasteiger partial charge in [-0.15, -0.1) is 0 Å². The third-order valence-corrected chi connectivity index (χ3v) is 17.8. The first-order valence-corrected chi connectivity index (χ1v) is 31.6. The molecule has 0 radical (unpaired) electrons. The summed E-state index contributed by atoms with van der Waals surface area (Å²) in [5, 5.41) is 20.6. The summed E-state index contributed by atoms with van der Waals surface area (Å²) in [6.07, 6.45) is 9.67. The van der Waals surface area contributed by atoms with Crippen molar-refractivity contribution in [2.45, 2.75) is 130 Å². The van der Waals surface area contributed by atoms with Crippen LogP contribution < -0.4 is 20.0 Å². The Morgan fingerprint density at radius 2 is 0.851 bits per heavy atom. The fourth-order valence-corrected chi connectivity index (χ4v) is 13.0. The van der Waals surface area contributed by atoms with Crippen LogP contribution in [-0.4, -0.2) is 135 Å². The van der Waals surface area contributed by atoms with Gasteiger partial charge in [-0.05, 0) is 137 Å². The molecule has 3 aromatic carbocycles. The van der Waals surface area contributed by atoms with Gasteiger partial charge in [0.15, 0.2) is 23.3 Å². The average molecular weight is 1240 g/mol. The summed E-state index contributed by atoms with van der Waals surface area (Å²) in [6.45, 7) is 19.4. The molecule has 87 heavy (non-hydrogen) atoms. The van der Waals surface area contributed by atoms with Crippen molar-refractivity contribution < 1.29 is 32.6 Å². The Bertz CT molecular complexity index is 3930. The summed E-state index contributed by atoms with van der Waals surface area (Å²) in [7, 11) is 0. The molecule has 11 heterocycles. The molecular formula is C64H72Cl3N13O7. The van der Waals surface area contributed by atoms with Crippen LogP contribution in [0.4, 0.5) is 17.5 Å². The number of pyridine rings is 3. The van der Waals surface area contributed by atoms with Gasteiger partial charge in [0.1, 0.15) is 23.2 Å². The standard InChI is InChI=1S/C24H30ClN5O2.C21H23ClN4O3.C19H19ClN4O2/c1-3-16-12-17-14-20(24-26-15(2)29-32-24)23(28-22(17)21(25)13-16)30-8-4-18(5-9-30)27-19-6-10-31-11-7-19;1-3-14-10-15-12-16(20-23-13(2)25-29-20)19(24-18(15)17(22)11-14)26-6-4-21(5-7-26)27-8-9-28-21;1-3-12-8-13-10-15(19-21-11(2)23-26-19)18(22-17(13)16(20)9-12)24-6-4-14(25)5-7-24/h12-14,18-19,27H,3-11H2,1-2H3;10-12H,3-9H2,1-2H3;8-10H,3-7H2,1-2H3. The maximum Gasteiger partial charge on any atom is 0.261 e. The van der Waals surface area contributed by atoms with Crippen molar-refractivity contribution in [1.29, 1.82) is 0 Å². The van der Waals surface area contributed by atoms with E-state index in [4.69, 9.17) is 77.5 Å². The fraction of sp³-hybridized carbons (Fsp3) is 0.469. The Morgan fingerprint density at radius 1 is 0.483 bits per heavy atom. The molecule has 0 bridgehead atoms. The number of aromatic nitrogens is 9. The Hall–Kier alpha value is -6.91. The van der Waals surface area contributed by atoms with E-state index in [0.29, 0.717) is 101 Å². The number of halogens is 3. The molecule has 6 aromatic heterocycles. The number of carbonyl (C=O) groups excluding carboxylic acids is 1. The number of Topliss-reactive ketones (excluding diaryl/α,β-unsaturated/α-hetero) is 1. The minimum atomic E-state index is -0.442. The van der Waals surface area contributed by atoms with Gasteiger partial charge in [-0.25, -0.2) is 15.0 Å². The maximum absolute atomic E-state index is 11.6. The number of ether oxygens (including phenoxy) is 3. The van der Waals surface area contributed by atoms with Crippen molar-refractivity contribution in [2.75, 3.05) is 80.4 Å². The first-order chi connectivity index (χ1) is 42.2. The molecule has 9 aromatic rings. The number of rotatable bonds is 11. The summed E-state index contributed by atoms with van der Waals surface area (Å²) in [4.78, 5) is 46.4. The van der Waals surface area contributed by atoms with Crippen molar-refractivity contribution in [3.05, 3.63) is 104 Å². The van der Waals surface area contributed by atoms with E-state index in [2.05, 4.69) is 102 Å². The van der Waals surface area contributed by atoms with Crippen LogP contribution in [0, 0.1) is 20.8 Å². The Kier molecular flexibility index (Phi) is 18.3. The van der Waals surface area contributed by atoms with E-state index < -0.39 is 5.79 Å². The highest BCUT2D eigenvalue weighted by Crippen LogP contribution is 2.41. The van der Waals surface area contributed by atoms with Crippen LogP contribution in [0.2, 0.25) is 15.1 Å². The predicted molar refractivity (Wildman–Crippen MR) is 337 cm³/mol. The summed E-state index contributed by atoms with van der Waals surface area (Å²) in [5.41, 5.74) is 8.32. The fourth-order valence-electron chi connectivity index (χ4n) is 12.2. The number of piperidine rings is 3. The number of hydrogen-bond donors (Lipinski definition) is 1. The zero-order valence-corrected chi connectivity index (χ0v) is 52.3. The quantitative estimate of drug-likeness (QED) is 0.127. The molecule has 0 amide bonds. The van der Waals surface area contributed by atoms with Gasteiger partial charge in [0.25, 0.3) is 17.7 Å². The van der Waals surface area contributed by atoms with Crippen LogP contribution in [0.1, 0.15) is 106 Å². The van der Waals surface area contributed by atoms with Crippen molar-refractivity contribution in [2.24, 2.45) is 0 Å². The van der Waals surface area contributed by atoms with Gasteiger partial charge in [0, 0.05) is 106 Å². The zero-order valence-electron chi connectivity index (χ0n) is 50.1. The summed E-state index contributed by atoms with van der Waals surface area (Å²) in [6, 6.07) is 19.6. The van der Waals surface area contributed by atoms with Gasteiger partial charge in [0.2, 0.25) is 0 Å². The molecule has 5 aliphatic rings. The normalized spacial score (nSPS) is 17.6. The molecule has 14 rings (SSSR count). The highest BCUT2D eigenvalue weighted by Gasteiger charge is 2.41. The molecule has 5 saturated heterocycles. The molecule has 456 valence electrons. The third-order valence-electron chi connectivity index (χ3n) is 17.0. The van der Waals surface area contributed by atoms with Crippen LogP contribution in [0.15, 0.2) is 68.2 Å². The first kappa shape index (κ1) is 60.4. The Morgan fingerprint density at radius 3 is 1.22 bits per heavy atom. The summed E-state index contributed by atoms with van der Waals surface area (Å²) < 4.78 is 33.7. The van der Waals surface area contributed by atoms with Crippen LogP contribution in [-0.2, 0) is 38.3 Å². The summed E-state index contributed by atoms with van der Waals surface area (Å²) in [5.74, 6) is 5.44. The van der Waals surface area contributed by atoms with Gasteiger partial charge < -0.3 is 47.8 Å². The van der Waals surface area contributed by atoms with E-state index in [-0.39, 0.29) is 5.78 Å². The number of fused-ring (bicyclic) bond motifs is 3. The molecule has 1 N–H and O–H groups in total. The lowest BCUT2D eigenvalue weighted by Gasteiger charge is -2.38. The molecule has 0 atom stereocenters. The minimum Gasteiger partial charge on any atom is -0.381 e. The topological polar surface area (TPSA) is 222 Å². The van der Waals surface area contributed by atoms with E-state index in [1.807, 2.05) is 38.1 Å². The lowest BCUT2D eigenvalue weighted by molar-refractivity contribution is -0.169. The zero-order chi connectivity index (χ0) is 60.3. The average Bonchev–Trinajstić information content (AvgIpc) is 1.99. The molecule has 1 spiro atoms. The van der Waals surface area contributed by atoms with Crippen LogP contribution in [0.5, 0.6) is 0 Å². The van der Waals surface area contributed by atoms with E-state index in [0.717, 1.165) is 170 Å². The lowest BCUT2D eigenvalue weighted by Crippen LogP contribution is -2.48. The van der Waals surface area contributed by atoms with Crippen LogP contribution in [0.25, 0.3) is 67.1 Å². The second-order valence-corrected chi connectivity index (χ2v) is 24.2. The number of nitrogens with zero attached hydrogens (tertiary/aromatic N) is 12. The van der Waals surface area contributed by atoms with Gasteiger partial charge in [-0.1, -0.05) is 71.0 Å². The molecule has 23 heteroatoms. The summed E-state index contributed by atoms with van der Waals surface area (Å²) >= 11 is 19.7. The SMILES string of the molecule is CCc1cc(Cl)c2nc(N3CCC(=O)CC3)c(-c3nc(C)no3)cc2c1.CCc1cc(Cl)c2nc(N3CCC(NC4CCOCC4)CC3)c(-c3nc(C)no3)cc2c1.CCc1cc(Cl)c2nc(N3CCC4(CC3)OCCO4)c(-c3nc(C)no3)cc2c1. The number of aryl methyl sites for hydroxylation is 6. The first-order valence-electron chi connectivity index (χ1n) is 30.4. The van der Waals surface area contributed by atoms with Gasteiger partial charge >= 0.3 is 0 Å². The van der Waals surface area contributed by atoms with E-state index in [1.54, 1.807) is 6.92 Å². The molecule has 5 aliphatic heterocycles. The number of benzene rings is 3. The molecule has 0 saturated carbocycles. The van der Waals surface area contributed by atoms with Crippen LogP contribution >= 0.6 is 34.8 Å². The molecule has 5 fully saturated rings. The van der Waals surface area contributed by atoms with Gasteiger partial charge in [-0.3, -0.25) is 4.79 Å². The van der Waals surface area contributed by atoms with E-state index in [1.165, 1.54) is 11.1 Å². The molecular weight excluding hydrogens is 1170 g/mol. The minimum absolute atomic E-state index is 0.280. The van der Waals surface area contributed by atoms with Crippen LogP contribution in [0.3, 0.4) is 0 Å². The second kappa shape index (κ2) is 26.4. The highest BCUT2D eigenvalue weighted by atomic mass is 35.5. The molecule has 0 unspecified atom stereocenters. The number of hydrogen-bond acceptors (Lipinski definition) is 20. The molecule has 0 aliphatic carbocycles. The Labute approximate surface area is 520 Å². The Balaban J connectivity index is 0.000000128. The maximum atomic E-state index is 11.6. The lowest BCUT2D eigenvalue weighted by atomic mass is 10.0. The third kappa shape index (κ3) is 13.4. The number of carbonyl (C=O) groups is 1. The number of anilines is 3. The van der Waals surface area contributed by atoms with Crippen molar-refractivity contribution in [3.8, 4) is 34.4 Å². The molecule has 20 nitrogen and oxygen atoms in total. The number of nitrogens with one attached hydrogen (secondary N) is 1. The largest absolute Gasteiger partial charge is 0.381 e. The van der Waals surface area contributed by atoms with Crippen molar-refractivity contribution >= 4 is 90.7 Å². The van der Waals surface area contributed by atoms with E-state index >= 15 is 0 Å². The number of ketones is 1. The monoisotopic (exact) mass is 1240 g/mol. The van der Waals surface area contributed by atoms with Gasteiger partial charge in [-0.2, -0.15) is 15.0 Å². The van der Waals surface area contributed by atoms with Crippen molar-refractivity contribution in [3.63, 3.8) is 0 Å². The smallest absolute Gasteiger partial charge is 0.261 e.